The highest BCUT2D eigenvalue weighted by molar-refractivity contribution is 5.12. The van der Waals surface area contributed by atoms with Gasteiger partial charge in [0.05, 0.1) is 0 Å². The van der Waals surface area contributed by atoms with Crippen molar-refractivity contribution >= 4 is 0 Å². The second kappa shape index (κ2) is 5.37. The Hall–Kier alpha value is -0.290. The largest absolute Gasteiger partial charge is 0.411 e. The normalized spacial score (nSPS) is 22.2. The molecule has 0 heterocycles. The minimum atomic E-state index is -4.21. The van der Waals surface area contributed by atoms with Crippen molar-refractivity contribution in [3.05, 3.63) is 0 Å². The molecular weight excluding hydrogens is 243 g/mol. The Labute approximate surface area is 107 Å². The molecule has 0 radical (unpaired) electrons. The molecule has 0 aromatic heterocycles. The lowest BCUT2D eigenvalue weighted by Crippen LogP contribution is -2.23. The van der Waals surface area contributed by atoms with Gasteiger partial charge in [0.1, 0.15) is 6.61 Å². The molecule has 18 heavy (non-hydrogen) atoms. The summed E-state index contributed by atoms with van der Waals surface area (Å²) in [6.07, 6.45) is -3.60. The minimum absolute atomic E-state index is 0.157. The number of halogens is 3. The quantitative estimate of drug-likeness (QED) is 0.715. The van der Waals surface area contributed by atoms with Gasteiger partial charge in [-0.15, -0.1) is 0 Å². The lowest BCUT2D eigenvalue weighted by Gasteiger charge is -2.08. The molecule has 108 valence electrons. The molecule has 0 aromatic rings. The second-order valence-corrected chi connectivity index (χ2v) is 6.22. The molecule has 1 N–H and O–H groups in total. The van der Waals surface area contributed by atoms with Crippen LogP contribution in [0.2, 0.25) is 0 Å². The highest BCUT2D eigenvalue weighted by Gasteiger charge is 2.63. The van der Waals surface area contributed by atoms with E-state index in [9.17, 15) is 13.2 Å². The van der Waals surface area contributed by atoms with Crippen molar-refractivity contribution in [2.24, 2.45) is 16.7 Å². The van der Waals surface area contributed by atoms with Crippen LogP contribution in [-0.2, 0) is 4.74 Å². The molecule has 0 spiro atoms. The topological polar surface area (TPSA) is 21.3 Å². The van der Waals surface area contributed by atoms with E-state index >= 15 is 0 Å². The maximum atomic E-state index is 11.8. The van der Waals surface area contributed by atoms with Crippen molar-refractivity contribution < 1.29 is 17.9 Å². The van der Waals surface area contributed by atoms with Crippen LogP contribution in [0, 0.1) is 16.7 Å². The molecule has 0 aromatic carbocycles. The van der Waals surface area contributed by atoms with Crippen LogP contribution in [0.25, 0.3) is 0 Å². The fourth-order valence-corrected chi connectivity index (χ4v) is 2.58. The van der Waals surface area contributed by atoms with Gasteiger partial charge in [0.2, 0.25) is 0 Å². The van der Waals surface area contributed by atoms with Gasteiger partial charge in [0.25, 0.3) is 0 Å². The number of hydrogen-bond acceptors (Lipinski definition) is 2. The molecule has 1 aliphatic carbocycles. The van der Waals surface area contributed by atoms with Crippen molar-refractivity contribution in [2.45, 2.75) is 40.3 Å². The van der Waals surface area contributed by atoms with E-state index in [2.05, 4.69) is 37.7 Å². The fraction of sp³-hybridized carbons (Fsp3) is 1.00. The van der Waals surface area contributed by atoms with Crippen LogP contribution in [0.4, 0.5) is 13.2 Å². The summed E-state index contributed by atoms with van der Waals surface area (Å²) in [6.45, 7) is 9.68. The van der Waals surface area contributed by atoms with Crippen LogP contribution >= 0.6 is 0 Å². The van der Waals surface area contributed by atoms with E-state index in [0.717, 1.165) is 6.54 Å². The molecule has 0 aliphatic heterocycles. The molecule has 0 atom stereocenters. The number of ether oxygens (including phenoxy) is 1. The van der Waals surface area contributed by atoms with Crippen molar-refractivity contribution in [1.29, 1.82) is 0 Å². The zero-order valence-corrected chi connectivity index (χ0v) is 11.7. The van der Waals surface area contributed by atoms with E-state index in [4.69, 9.17) is 0 Å². The van der Waals surface area contributed by atoms with Crippen LogP contribution in [0.15, 0.2) is 0 Å². The number of rotatable bonds is 7. The Kier molecular flexibility index (Phi) is 4.70. The van der Waals surface area contributed by atoms with E-state index in [1.807, 2.05) is 0 Å². The molecule has 1 fully saturated rings. The highest BCUT2D eigenvalue weighted by atomic mass is 19.4. The van der Waals surface area contributed by atoms with Crippen LogP contribution in [0.5, 0.6) is 0 Å². The third kappa shape index (κ3) is 3.85. The Balaban J connectivity index is 1.98. The lowest BCUT2D eigenvalue weighted by atomic mass is 10.0. The predicted octanol–water partition coefficient (Wildman–Crippen LogP) is 3.23. The SMILES string of the molecule is CC1(C)C(CNCCCOCC(F)(F)F)C1(C)C. The van der Waals surface area contributed by atoms with Gasteiger partial charge in [-0.05, 0) is 36.3 Å². The Morgan fingerprint density at radius 2 is 1.67 bits per heavy atom. The first kappa shape index (κ1) is 15.8. The molecule has 2 nitrogen and oxygen atoms in total. The molecular formula is C13H24F3NO. The van der Waals surface area contributed by atoms with Gasteiger partial charge in [-0.3, -0.25) is 0 Å². The standard InChI is InChI=1S/C13H24F3NO/c1-11(2)10(12(11,3)4)8-17-6-5-7-18-9-13(14,15)16/h10,17H,5-9H2,1-4H3. The molecule has 0 bridgehead atoms. The van der Waals surface area contributed by atoms with E-state index in [0.29, 0.717) is 29.7 Å². The van der Waals surface area contributed by atoms with E-state index in [-0.39, 0.29) is 6.61 Å². The Morgan fingerprint density at radius 1 is 1.11 bits per heavy atom. The summed E-state index contributed by atoms with van der Waals surface area (Å²) in [5, 5.41) is 3.29. The van der Waals surface area contributed by atoms with Gasteiger partial charge >= 0.3 is 6.18 Å². The van der Waals surface area contributed by atoms with Gasteiger partial charge < -0.3 is 10.1 Å². The Morgan fingerprint density at radius 3 is 2.11 bits per heavy atom. The molecule has 0 amide bonds. The monoisotopic (exact) mass is 267 g/mol. The number of alkyl halides is 3. The Bertz CT molecular complexity index is 260. The first-order chi connectivity index (χ1) is 8.09. The average molecular weight is 267 g/mol. The first-order valence-corrected chi connectivity index (χ1v) is 6.44. The molecule has 1 saturated carbocycles. The van der Waals surface area contributed by atoms with Gasteiger partial charge in [-0.1, -0.05) is 27.7 Å². The molecule has 0 saturated heterocycles. The van der Waals surface area contributed by atoms with Crippen molar-refractivity contribution in [1.82, 2.24) is 5.32 Å². The van der Waals surface area contributed by atoms with Crippen molar-refractivity contribution in [3.8, 4) is 0 Å². The van der Waals surface area contributed by atoms with E-state index in [1.165, 1.54) is 0 Å². The summed E-state index contributed by atoms with van der Waals surface area (Å²) >= 11 is 0. The van der Waals surface area contributed by atoms with Gasteiger partial charge in [0, 0.05) is 6.61 Å². The van der Waals surface area contributed by atoms with Gasteiger partial charge in [-0.25, -0.2) is 0 Å². The summed E-state index contributed by atoms with van der Waals surface area (Å²) in [5.41, 5.74) is 0.708. The summed E-state index contributed by atoms with van der Waals surface area (Å²) in [5.74, 6) is 0.640. The van der Waals surface area contributed by atoms with Crippen LogP contribution in [0.3, 0.4) is 0 Å². The fourth-order valence-electron chi connectivity index (χ4n) is 2.58. The molecule has 0 unspecified atom stereocenters. The minimum Gasteiger partial charge on any atom is -0.372 e. The highest BCUT2D eigenvalue weighted by Crippen LogP contribution is 2.67. The molecule has 5 heteroatoms. The predicted molar refractivity (Wildman–Crippen MR) is 65.4 cm³/mol. The van der Waals surface area contributed by atoms with E-state index < -0.39 is 12.8 Å². The average Bonchev–Trinajstić information content (AvgIpc) is 2.56. The maximum Gasteiger partial charge on any atom is 0.411 e. The smallest absolute Gasteiger partial charge is 0.372 e. The maximum absolute atomic E-state index is 11.8. The first-order valence-electron chi connectivity index (χ1n) is 6.44. The molecule has 1 rings (SSSR count). The summed E-state index contributed by atoms with van der Waals surface area (Å²) in [4.78, 5) is 0. The summed E-state index contributed by atoms with van der Waals surface area (Å²) in [7, 11) is 0. The van der Waals surface area contributed by atoms with Crippen LogP contribution < -0.4 is 5.32 Å². The van der Waals surface area contributed by atoms with Crippen molar-refractivity contribution in [3.63, 3.8) is 0 Å². The second-order valence-electron chi connectivity index (χ2n) is 6.22. The lowest BCUT2D eigenvalue weighted by molar-refractivity contribution is -0.173. The van der Waals surface area contributed by atoms with Crippen LogP contribution in [0.1, 0.15) is 34.1 Å². The van der Waals surface area contributed by atoms with Crippen LogP contribution in [-0.4, -0.2) is 32.5 Å². The summed E-state index contributed by atoms with van der Waals surface area (Å²) < 4.78 is 39.9. The van der Waals surface area contributed by atoms with Crippen molar-refractivity contribution in [2.75, 3.05) is 26.3 Å². The third-order valence-electron chi connectivity index (χ3n) is 4.58. The van der Waals surface area contributed by atoms with E-state index in [1.54, 1.807) is 0 Å². The zero-order valence-electron chi connectivity index (χ0n) is 11.7. The summed E-state index contributed by atoms with van der Waals surface area (Å²) in [6, 6.07) is 0. The number of nitrogens with one attached hydrogen (secondary N) is 1. The number of hydrogen-bond donors (Lipinski definition) is 1. The van der Waals surface area contributed by atoms with Gasteiger partial charge in [0.15, 0.2) is 0 Å². The zero-order chi connectivity index (χ0) is 14.0. The van der Waals surface area contributed by atoms with Gasteiger partial charge in [-0.2, -0.15) is 13.2 Å². The molecule has 1 aliphatic rings. The third-order valence-corrected chi connectivity index (χ3v) is 4.58.